The fraction of sp³-hybridized carbons (Fsp3) is 0.611. The molecule has 5 nitrogen and oxygen atoms in total. The van der Waals surface area contributed by atoms with Gasteiger partial charge in [-0.15, -0.1) is 0 Å². The monoisotopic (exact) mass is 318 g/mol. The van der Waals surface area contributed by atoms with Crippen LogP contribution >= 0.6 is 0 Å². The minimum Gasteiger partial charge on any atom is -0.379 e. The first-order valence-corrected chi connectivity index (χ1v) is 8.58. The van der Waals surface area contributed by atoms with Crippen molar-refractivity contribution in [1.29, 1.82) is 0 Å². The summed E-state index contributed by atoms with van der Waals surface area (Å²) < 4.78 is 5.50. The van der Waals surface area contributed by atoms with Crippen LogP contribution in [0, 0.1) is 0 Å². The zero-order valence-electron chi connectivity index (χ0n) is 14.6. The average Bonchev–Trinajstić information content (AvgIpc) is 2.62. The summed E-state index contributed by atoms with van der Waals surface area (Å²) in [6.07, 6.45) is 1.08. The van der Waals surface area contributed by atoms with Gasteiger partial charge in [-0.25, -0.2) is 0 Å². The fourth-order valence-corrected chi connectivity index (χ4v) is 2.75. The third-order valence-electron chi connectivity index (χ3n) is 4.35. The summed E-state index contributed by atoms with van der Waals surface area (Å²) in [5.74, 6) is 0.869. The lowest BCUT2D eigenvalue weighted by Crippen LogP contribution is -2.47. The maximum absolute atomic E-state index is 5.50. The lowest BCUT2D eigenvalue weighted by Gasteiger charge is -2.35. The van der Waals surface area contributed by atoms with Crippen molar-refractivity contribution in [2.75, 3.05) is 39.9 Å². The van der Waals surface area contributed by atoms with Crippen LogP contribution in [0.1, 0.15) is 31.9 Å². The fourth-order valence-electron chi connectivity index (χ4n) is 2.75. The van der Waals surface area contributed by atoms with Gasteiger partial charge in [-0.3, -0.25) is 9.89 Å². The van der Waals surface area contributed by atoms with Crippen LogP contribution in [-0.2, 0) is 4.74 Å². The summed E-state index contributed by atoms with van der Waals surface area (Å²) in [4.78, 5) is 6.83. The summed E-state index contributed by atoms with van der Waals surface area (Å²) in [6.45, 7) is 8.73. The molecule has 1 aromatic carbocycles. The van der Waals surface area contributed by atoms with Crippen molar-refractivity contribution in [3.63, 3.8) is 0 Å². The molecule has 128 valence electrons. The van der Waals surface area contributed by atoms with Crippen LogP contribution in [0.3, 0.4) is 0 Å². The smallest absolute Gasteiger partial charge is 0.191 e. The van der Waals surface area contributed by atoms with Gasteiger partial charge in [0.1, 0.15) is 0 Å². The summed E-state index contributed by atoms with van der Waals surface area (Å²) in [5.41, 5.74) is 1.33. The number of benzene rings is 1. The SMILES string of the molecule is CCC(C)NC(=NC)NCC(c1ccccc1)N1CCOCC1. The minimum absolute atomic E-state index is 0.329. The van der Waals surface area contributed by atoms with E-state index in [-0.39, 0.29) is 0 Å². The molecular weight excluding hydrogens is 288 g/mol. The molecule has 0 aliphatic carbocycles. The summed E-state index contributed by atoms with van der Waals surface area (Å²) in [6, 6.07) is 11.4. The normalized spacial score (nSPS) is 19.2. The second kappa shape index (κ2) is 9.53. The molecule has 2 atom stereocenters. The highest BCUT2D eigenvalue weighted by atomic mass is 16.5. The van der Waals surface area contributed by atoms with Crippen LogP contribution in [0.4, 0.5) is 0 Å². The van der Waals surface area contributed by atoms with Crippen LogP contribution in [-0.4, -0.2) is 56.8 Å². The zero-order valence-corrected chi connectivity index (χ0v) is 14.6. The van der Waals surface area contributed by atoms with E-state index in [1.54, 1.807) is 0 Å². The quantitative estimate of drug-likeness (QED) is 0.622. The second-order valence-corrected chi connectivity index (χ2v) is 5.98. The van der Waals surface area contributed by atoms with E-state index in [9.17, 15) is 0 Å². The molecule has 1 fully saturated rings. The number of ether oxygens (including phenoxy) is 1. The Balaban J connectivity index is 2.02. The summed E-state index contributed by atoms with van der Waals surface area (Å²) >= 11 is 0. The number of hydrogen-bond donors (Lipinski definition) is 2. The molecule has 0 aromatic heterocycles. The van der Waals surface area contributed by atoms with Crippen molar-refractivity contribution in [3.8, 4) is 0 Å². The highest BCUT2D eigenvalue weighted by Crippen LogP contribution is 2.20. The molecule has 1 aliphatic heterocycles. The van der Waals surface area contributed by atoms with E-state index in [1.807, 2.05) is 7.05 Å². The van der Waals surface area contributed by atoms with Gasteiger partial charge in [0.25, 0.3) is 0 Å². The minimum atomic E-state index is 0.329. The van der Waals surface area contributed by atoms with Crippen LogP contribution in [0.25, 0.3) is 0 Å². The molecule has 0 bridgehead atoms. The molecule has 1 aromatic rings. The van der Waals surface area contributed by atoms with Gasteiger partial charge in [-0.05, 0) is 18.9 Å². The van der Waals surface area contributed by atoms with Gasteiger partial charge in [0.2, 0.25) is 0 Å². The molecule has 2 N–H and O–H groups in total. The number of nitrogens with zero attached hydrogens (tertiary/aromatic N) is 2. The standard InChI is InChI=1S/C18H30N4O/c1-4-15(2)21-18(19-3)20-14-17(16-8-6-5-7-9-16)22-10-12-23-13-11-22/h5-9,15,17H,4,10-14H2,1-3H3,(H2,19,20,21). The van der Waals surface area contributed by atoms with Crippen molar-refractivity contribution in [2.24, 2.45) is 4.99 Å². The number of guanidine groups is 1. The molecule has 23 heavy (non-hydrogen) atoms. The van der Waals surface area contributed by atoms with E-state index in [2.05, 4.69) is 64.7 Å². The first kappa shape index (κ1) is 17.8. The topological polar surface area (TPSA) is 48.9 Å². The van der Waals surface area contributed by atoms with E-state index >= 15 is 0 Å². The van der Waals surface area contributed by atoms with Crippen LogP contribution in [0.15, 0.2) is 35.3 Å². The second-order valence-electron chi connectivity index (χ2n) is 5.98. The predicted molar refractivity (Wildman–Crippen MR) is 95.8 cm³/mol. The van der Waals surface area contributed by atoms with Gasteiger partial charge in [-0.2, -0.15) is 0 Å². The first-order valence-electron chi connectivity index (χ1n) is 8.58. The zero-order chi connectivity index (χ0) is 16.5. The Labute approximate surface area is 140 Å². The molecule has 0 spiro atoms. The van der Waals surface area contributed by atoms with Gasteiger partial charge in [-0.1, -0.05) is 37.3 Å². The predicted octanol–water partition coefficient (Wildman–Crippen LogP) is 2.02. The van der Waals surface area contributed by atoms with Gasteiger partial charge >= 0.3 is 0 Å². The Morgan fingerprint density at radius 3 is 2.57 bits per heavy atom. The largest absolute Gasteiger partial charge is 0.379 e. The molecule has 1 aliphatic rings. The number of morpholine rings is 1. The van der Waals surface area contributed by atoms with Gasteiger partial charge in [0.05, 0.1) is 19.3 Å². The Bertz CT molecular complexity index is 471. The van der Waals surface area contributed by atoms with E-state index in [0.29, 0.717) is 12.1 Å². The number of hydrogen-bond acceptors (Lipinski definition) is 3. The van der Waals surface area contributed by atoms with Gasteiger partial charge in [0.15, 0.2) is 5.96 Å². The van der Waals surface area contributed by atoms with E-state index in [4.69, 9.17) is 4.74 Å². The van der Waals surface area contributed by atoms with E-state index < -0.39 is 0 Å². The molecule has 2 rings (SSSR count). The molecular formula is C18H30N4O. The van der Waals surface area contributed by atoms with Gasteiger partial charge in [0, 0.05) is 32.7 Å². The van der Waals surface area contributed by atoms with Crippen molar-refractivity contribution < 1.29 is 4.74 Å². The van der Waals surface area contributed by atoms with Crippen molar-refractivity contribution in [3.05, 3.63) is 35.9 Å². The average molecular weight is 318 g/mol. The number of rotatable bonds is 6. The van der Waals surface area contributed by atoms with Crippen LogP contribution in [0.5, 0.6) is 0 Å². The molecule has 1 heterocycles. The maximum Gasteiger partial charge on any atom is 0.191 e. The van der Waals surface area contributed by atoms with Crippen LogP contribution in [0.2, 0.25) is 0 Å². The number of aliphatic imine (C=N–C) groups is 1. The van der Waals surface area contributed by atoms with E-state index in [1.165, 1.54) is 5.56 Å². The molecule has 0 radical (unpaired) electrons. The third kappa shape index (κ3) is 5.52. The highest BCUT2D eigenvalue weighted by Gasteiger charge is 2.22. The highest BCUT2D eigenvalue weighted by molar-refractivity contribution is 5.79. The van der Waals surface area contributed by atoms with Crippen LogP contribution < -0.4 is 10.6 Å². The molecule has 0 saturated carbocycles. The lowest BCUT2D eigenvalue weighted by atomic mass is 10.0. The Hall–Kier alpha value is -1.59. The Kier molecular flexibility index (Phi) is 7.36. The lowest BCUT2D eigenvalue weighted by molar-refractivity contribution is 0.0170. The molecule has 1 saturated heterocycles. The Morgan fingerprint density at radius 2 is 1.96 bits per heavy atom. The maximum atomic E-state index is 5.50. The third-order valence-corrected chi connectivity index (χ3v) is 4.35. The van der Waals surface area contributed by atoms with Crippen molar-refractivity contribution in [2.45, 2.75) is 32.4 Å². The molecule has 5 heteroatoms. The first-order chi connectivity index (χ1) is 11.2. The molecule has 0 amide bonds. The van der Waals surface area contributed by atoms with Crippen molar-refractivity contribution in [1.82, 2.24) is 15.5 Å². The molecule has 2 unspecified atom stereocenters. The number of nitrogens with one attached hydrogen (secondary N) is 2. The van der Waals surface area contributed by atoms with Crippen molar-refractivity contribution >= 4 is 5.96 Å². The van der Waals surface area contributed by atoms with Gasteiger partial charge < -0.3 is 15.4 Å². The van der Waals surface area contributed by atoms with E-state index in [0.717, 1.165) is 45.2 Å². The summed E-state index contributed by atoms with van der Waals surface area (Å²) in [7, 11) is 1.82. The Morgan fingerprint density at radius 1 is 1.26 bits per heavy atom. The summed E-state index contributed by atoms with van der Waals surface area (Å²) in [5, 5.41) is 6.91.